The van der Waals surface area contributed by atoms with Gasteiger partial charge in [-0.3, -0.25) is 9.48 Å². The molecule has 2 aromatic heterocycles. The third-order valence-electron chi connectivity index (χ3n) is 7.42. The Balaban J connectivity index is 1.31. The Kier molecular flexibility index (Phi) is 7.35. The normalized spacial score (nSPS) is 17.2. The number of amides is 1. The molecule has 38 heavy (non-hydrogen) atoms. The second-order valence-corrected chi connectivity index (χ2v) is 11.5. The zero-order chi connectivity index (χ0) is 26.9. The molecule has 0 aliphatic carbocycles. The molecule has 0 radical (unpaired) electrons. The molecule has 2 aliphatic heterocycles. The molecule has 2 aliphatic rings. The fourth-order valence-corrected chi connectivity index (χ4v) is 6.52. The van der Waals surface area contributed by atoms with Gasteiger partial charge in [0.15, 0.2) is 0 Å². The Labute approximate surface area is 223 Å². The fraction of sp³-hybridized carbons (Fsp3) is 0.462. The summed E-state index contributed by atoms with van der Waals surface area (Å²) in [6.45, 7) is 10.4. The monoisotopic (exact) mass is 538 g/mol. The van der Waals surface area contributed by atoms with Crippen LogP contribution in [0.5, 0.6) is 0 Å². The maximum absolute atomic E-state index is 13.8. The largest absolute Gasteiger partial charge is 0.369 e. The first-order valence-corrected chi connectivity index (χ1v) is 14.4. The third kappa shape index (κ3) is 4.97. The maximum Gasteiger partial charge on any atom is 0.263 e. The van der Waals surface area contributed by atoms with Gasteiger partial charge in [0.2, 0.25) is 11.0 Å². The second-order valence-electron chi connectivity index (χ2n) is 9.64. The molecule has 11 nitrogen and oxygen atoms in total. The molecule has 0 atom stereocenters. The number of aromatic nitrogens is 4. The molecule has 0 saturated carbocycles. The zero-order valence-corrected chi connectivity index (χ0v) is 22.9. The lowest BCUT2D eigenvalue weighted by Crippen LogP contribution is -2.50. The van der Waals surface area contributed by atoms with Crippen LogP contribution in [0.1, 0.15) is 28.4 Å². The van der Waals surface area contributed by atoms with Gasteiger partial charge >= 0.3 is 0 Å². The highest BCUT2D eigenvalue weighted by Gasteiger charge is 2.36. The zero-order valence-electron chi connectivity index (χ0n) is 22.1. The summed E-state index contributed by atoms with van der Waals surface area (Å²) in [5.74, 6) is 0.313. The number of carbonyl (C=O) groups is 1. The second kappa shape index (κ2) is 10.7. The van der Waals surface area contributed by atoms with Crippen LogP contribution in [0, 0.1) is 13.8 Å². The van der Waals surface area contributed by atoms with Gasteiger partial charge < -0.3 is 14.7 Å². The van der Waals surface area contributed by atoms with Crippen molar-refractivity contribution in [3.05, 3.63) is 59.5 Å². The van der Waals surface area contributed by atoms with Crippen LogP contribution in [0.3, 0.4) is 0 Å². The number of benzene rings is 1. The Morgan fingerprint density at radius 2 is 1.55 bits per heavy atom. The Hall–Kier alpha value is -3.51. The number of anilines is 2. The molecule has 0 unspecified atom stereocenters. The van der Waals surface area contributed by atoms with Gasteiger partial charge in [-0.1, -0.05) is 12.1 Å². The van der Waals surface area contributed by atoms with Gasteiger partial charge in [0.1, 0.15) is 0 Å². The summed E-state index contributed by atoms with van der Waals surface area (Å²) in [6, 6.07) is 7.95. The van der Waals surface area contributed by atoms with E-state index in [4.69, 9.17) is 0 Å². The number of nitrogens with zero attached hydrogens (tertiary/aromatic N) is 8. The summed E-state index contributed by atoms with van der Waals surface area (Å²) < 4.78 is 30.5. The first kappa shape index (κ1) is 26.1. The minimum Gasteiger partial charge on any atom is -0.369 e. The molecule has 4 heterocycles. The van der Waals surface area contributed by atoms with Crippen LogP contribution < -0.4 is 9.80 Å². The van der Waals surface area contributed by atoms with E-state index >= 15 is 0 Å². The summed E-state index contributed by atoms with van der Waals surface area (Å²) in [5, 5.41) is 4.20. The number of carbonyl (C=O) groups excluding carboxylic acids is 1. The number of sulfonamides is 1. The van der Waals surface area contributed by atoms with Gasteiger partial charge in [-0.25, -0.2) is 18.4 Å². The molecule has 2 saturated heterocycles. The Morgan fingerprint density at radius 3 is 2.21 bits per heavy atom. The van der Waals surface area contributed by atoms with Crippen molar-refractivity contribution in [1.29, 1.82) is 0 Å². The highest BCUT2D eigenvalue weighted by Crippen LogP contribution is 2.27. The predicted octanol–water partition coefficient (Wildman–Crippen LogP) is 1.78. The van der Waals surface area contributed by atoms with Crippen molar-refractivity contribution >= 4 is 27.6 Å². The topological polar surface area (TPSA) is 108 Å². The number of aryl methyl sites for hydroxylation is 2. The van der Waals surface area contributed by atoms with Crippen LogP contribution in [0.4, 0.5) is 11.6 Å². The first-order valence-electron chi connectivity index (χ1n) is 13.0. The van der Waals surface area contributed by atoms with E-state index in [2.05, 4.69) is 45.9 Å². The van der Waals surface area contributed by atoms with Crippen LogP contribution in [-0.4, -0.2) is 95.6 Å². The lowest BCUT2D eigenvalue weighted by atomic mass is 10.1. The molecule has 0 spiro atoms. The average molecular weight is 539 g/mol. The predicted molar refractivity (Wildman–Crippen MR) is 145 cm³/mol. The lowest BCUT2D eigenvalue weighted by Gasteiger charge is -2.36. The Bertz CT molecular complexity index is 1390. The van der Waals surface area contributed by atoms with E-state index in [0.717, 1.165) is 5.69 Å². The van der Waals surface area contributed by atoms with Gasteiger partial charge in [0, 0.05) is 83.2 Å². The Morgan fingerprint density at radius 1 is 0.895 bits per heavy atom. The molecular formula is C26H34N8O3S. The maximum atomic E-state index is 13.8. The van der Waals surface area contributed by atoms with Crippen LogP contribution in [0.25, 0.3) is 0 Å². The van der Waals surface area contributed by atoms with E-state index in [1.807, 2.05) is 17.9 Å². The van der Waals surface area contributed by atoms with Crippen molar-refractivity contribution in [3.63, 3.8) is 0 Å². The van der Waals surface area contributed by atoms with E-state index in [9.17, 15) is 13.2 Å². The molecule has 0 N–H and O–H groups in total. The number of hydrogen-bond donors (Lipinski definition) is 0. The van der Waals surface area contributed by atoms with Crippen molar-refractivity contribution in [3.8, 4) is 0 Å². The molecule has 0 bridgehead atoms. The SMILES string of the molecule is CCn1cc(C(=O)N2CCN(c3ncccn3)CC2)c(S(=O)(=O)N2CCN(c3cccc(C)c3C)CC2)n1. The van der Waals surface area contributed by atoms with Crippen LogP contribution in [0.2, 0.25) is 0 Å². The fourth-order valence-electron chi connectivity index (χ4n) is 5.01. The summed E-state index contributed by atoms with van der Waals surface area (Å²) in [4.78, 5) is 28.1. The average Bonchev–Trinajstić information content (AvgIpc) is 3.40. The van der Waals surface area contributed by atoms with E-state index in [-0.39, 0.29) is 16.5 Å². The summed E-state index contributed by atoms with van der Waals surface area (Å²) >= 11 is 0. The van der Waals surface area contributed by atoms with Gasteiger partial charge in [0.25, 0.3) is 15.9 Å². The molecule has 1 aromatic carbocycles. The van der Waals surface area contributed by atoms with Gasteiger partial charge in [0.05, 0.1) is 5.56 Å². The number of rotatable bonds is 6. The highest BCUT2D eigenvalue weighted by atomic mass is 32.2. The van der Waals surface area contributed by atoms with Gasteiger partial charge in [-0.2, -0.15) is 9.40 Å². The van der Waals surface area contributed by atoms with E-state index < -0.39 is 10.0 Å². The van der Waals surface area contributed by atoms with Crippen molar-refractivity contribution in [2.24, 2.45) is 0 Å². The highest BCUT2D eigenvalue weighted by molar-refractivity contribution is 7.89. The molecule has 12 heteroatoms. The summed E-state index contributed by atoms with van der Waals surface area (Å²) in [5.41, 5.74) is 3.68. The molecule has 3 aromatic rings. The van der Waals surface area contributed by atoms with Crippen molar-refractivity contribution in [2.75, 3.05) is 62.2 Å². The molecular weight excluding hydrogens is 504 g/mol. The third-order valence-corrected chi connectivity index (χ3v) is 9.26. The smallest absolute Gasteiger partial charge is 0.263 e. The standard InChI is InChI=1S/C26H34N8O3S/c1-4-33-19-22(25(35)31-11-13-32(14-12-31)26-27-9-6-10-28-26)24(29-33)38(36,37)34-17-15-30(16-18-34)23-8-5-7-20(2)21(23)3/h5-10,19H,4,11-18H2,1-3H3. The van der Waals surface area contributed by atoms with Crippen molar-refractivity contribution in [2.45, 2.75) is 32.3 Å². The summed E-state index contributed by atoms with van der Waals surface area (Å²) in [6.07, 6.45) is 4.95. The van der Waals surface area contributed by atoms with Crippen LogP contribution in [0.15, 0.2) is 47.9 Å². The molecule has 202 valence electrons. The van der Waals surface area contributed by atoms with Gasteiger partial charge in [-0.05, 0) is 44.0 Å². The number of hydrogen-bond acceptors (Lipinski definition) is 8. The molecule has 5 rings (SSSR count). The van der Waals surface area contributed by atoms with Crippen LogP contribution in [-0.2, 0) is 16.6 Å². The first-order chi connectivity index (χ1) is 18.3. The van der Waals surface area contributed by atoms with E-state index in [1.165, 1.54) is 20.1 Å². The van der Waals surface area contributed by atoms with E-state index in [0.29, 0.717) is 64.9 Å². The van der Waals surface area contributed by atoms with Crippen molar-refractivity contribution < 1.29 is 13.2 Å². The summed E-state index contributed by atoms with van der Waals surface area (Å²) in [7, 11) is -3.95. The quantitative estimate of drug-likeness (QED) is 0.468. The number of piperazine rings is 2. The minimum atomic E-state index is -3.95. The van der Waals surface area contributed by atoms with Crippen LogP contribution >= 0.6 is 0 Å². The molecule has 1 amide bonds. The molecule has 2 fully saturated rings. The van der Waals surface area contributed by atoms with Gasteiger partial charge in [-0.15, -0.1) is 0 Å². The van der Waals surface area contributed by atoms with Crippen molar-refractivity contribution in [1.82, 2.24) is 29.0 Å². The minimum absolute atomic E-state index is 0.133. The van der Waals surface area contributed by atoms with E-state index in [1.54, 1.807) is 29.6 Å². The lowest BCUT2D eigenvalue weighted by molar-refractivity contribution is 0.0742.